The number of fused-ring (bicyclic) bond motifs is 1. The van der Waals surface area contributed by atoms with Gasteiger partial charge in [0.25, 0.3) is 11.5 Å². The molecule has 2 aliphatic heterocycles. The van der Waals surface area contributed by atoms with Crippen LogP contribution in [0.25, 0.3) is 11.0 Å². The van der Waals surface area contributed by atoms with E-state index < -0.39 is 11.4 Å². The lowest BCUT2D eigenvalue weighted by Gasteiger charge is -2.38. The maximum Gasteiger partial charge on any atom is 0.317 e. The average Bonchev–Trinajstić information content (AvgIpc) is 3.35. The quantitative estimate of drug-likeness (QED) is 0.558. The fourth-order valence-corrected chi connectivity index (χ4v) is 5.36. The Hall–Kier alpha value is -3.73. The van der Waals surface area contributed by atoms with Crippen LogP contribution in [0.3, 0.4) is 0 Å². The van der Waals surface area contributed by atoms with Crippen LogP contribution in [0.15, 0.2) is 47.7 Å². The molecular formula is C26H31FN6O4. The second-order valence-electron chi connectivity index (χ2n) is 9.93. The predicted molar refractivity (Wildman–Crippen MR) is 135 cm³/mol. The number of hydrogen-bond donors (Lipinski definition) is 2. The van der Waals surface area contributed by atoms with Crippen LogP contribution in [0.4, 0.5) is 9.18 Å². The Morgan fingerprint density at radius 3 is 2.41 bits per heavy atom. The molecule has 0 bridgehead atoms. The van der Waals surface area contributed by atoms with E-state index in [4.69, 9.17) is 0 Å². The van der Waals surface area contributed by atoms with E-state index in [9.17, 15) is 23.9 Å². The van der Waals surface area contributed by atoms with Crippen molar-refractivity contribution in [1.29, 1.82) is 0 Å². The first kappa shape index (κ1) is 24.9. The number of halogens is 1. The van der Waals surface area contributed by atoms with Gasteiger partial charge in [0.2, 0.25) is 0 Å². The number of carbonyl (C=O) groups is 2. The van der Waals surface area contributed by atoms with Gasteiger partial charge in [-0.3, -0.25) is 14.2 Å². The highest BCUT2D eigenvalue weighted by Crippen LogP contribution is 2.27. The number of aliphatic hydroxyl groups is 1. The summed E-state index contributed by atoms with van der Waals surface area (Å²) in [6.45, 7) is 2.02. The molecule has 2 aliphatic rings. The third kappa shape index (κ3) is 4.95. The monoisotopic (exact) mass is 510 g/mol. The molecule has 10 nitrogen and oxygen atoms in total. The van der Waals surface area contributed by atoms with Crippen molar-refractivity contribution < 1.29 is 19.1 Å². The lowest BCUT2D eigenvalue weighted by atomic mass is 9.91. The van der Waals surface area contributed by atoms with Crippen molar-refractivity contribution in [2.75, 3.05) is 33.2 Å². The fourth-order valence-electron chi connectivity index (χ4n) is 5.36. The first-order chi connectivity index (χ1) is 17.8. The van der Waals surface area contributed by atoms with Gasteiger partial charge in [0.15, 0.2) is 0 Å². The lowest BCUT2D eigenvalue weighted by Crippen LogP contribution is -2.49. The number of benzene rings is 1. The zero-order chi connectivity index (χ0) is 26.2. The summed E-state index contributed by atoms with van der Waals surface area (Å²) in [6.07, 6.45) is 5.53. The number of carbonyl (C=O) groups excluding carboxylic acids is 2. The Kier molecular flexibility index (Phi) is 6.72. The van der Waals surface area contributed by atoms with Gasteiger partial charge in [-0.25, -0.2) is 14.2 Å². The topological polar surface area (TPSA) is 113 Å². The summed E-state index contributed by atoms with van der Waals surface area (Å²) < 4.78 is 16.6. The minimum atomic E-state index is -1.14. The second kappa shape index (κ2) is 9.97. The van der Waals surface area contributed by atoms with Crippen molar-refractivity contribution in [3.05, 3.63) is 64.6 Å². The molecule has 5 rings (SSSR count). The van der Waals surface area contributed by atoms with Crippen molar-refractivity contribution >= 4 is 23.0 Å². The number of likely N-dealkylation sites (tertiary alicyclic amines) is 2. The molecule has 0 atom stereocenters. The van der Waals surface area contributed by atoms with Gasteiger partial charge < -0.3 is 24.8 Å². The van der Waals surface area contributed by atoms with E-state index >= 15 is 0 Å². The molecule has 2 fully saturated rings. The second-order valence-corrected chi connectivity index (χ2v) is 9.93. The van der Waals surface area contributed by atoms with Gasteiger partial charge in [-0.2, -0.15) is 0 Å². The zero-order valence-corrected chi connectivity index (χ0v) is 20.8. The van der Waals surface area contributed by atoms with E-state index in [2.05, 4.69) is 10.3 Å². The molecule has 0 saturated carbocycles. The molecule has 37 heavy (non-hydrogen) atoms. The summed E-state index contributed by atoms with van der Waals surface area (Å²) in [4.78, 5) is 45.8. The van der Waals surface area contributed by atoms with Crippen LogP contribution in [0.1, 0.15) is 42.1 Å². The molecular weight excluding hydrogens is 479 g/mol. The summed E-state index contributed by atoms with van der Waals surface area (Å²) in [7, 11) is 1.62. The van der Waals surface area contributed by atoms with Crippen LogP contribution < -0.4 is 10.9 Å². The van der Waals surface area contributed by atoms with Crippen LogP contribution in [-0.4, -0.2) is 79.8 Å². The third-order valence-corrected chi connectivity index (χ3v) is 7.59. The van der Waals surface area contributed by atoms with Crippen LogP contribution in [0, 0.1) is 5.82 Å². The van der Waals surface area contributed by atoms with Crippen molar-refractivity contribution in [2.24, 2.45) is 0 Å². The standard InChI is InChI=1S/C26H31FN6O4/c1-28-25(36)31-11-6-20(7-12-31)33-13-8-21-22(33)29-17-32(24(21)35)16-26(37)9-14-30(15-10-26)23(34)18-2-4-19(27)5-3-18/h2-5,8,13,17,20,37H,6-7,9-12,14-16H2,1H3,(H,28,36). The minimum Gasteiger partial charge on any atom is -0.388 e. The Bertz CT molecular complexity index is 1350. The van der Waals surface area contributed by atoms with Gasteiger partial charge in [0.05, 0.1) is 17.5 Å². The van der Waals surface area contributed by atoms with Crippen LogP contribution in [0.2, 0.25) is 0 Å². The van der Waals surface area contributed by atoms with Gasteiger partial charge >= 0.3 is 6.03 Å². The summed E-state index contributed by atoms with van der Waals surface area (Å²) >= 11 is 0. The van der Waals surface area contributed by atoms with Crippen molar-refractivity contribution in [3.63, 3.8) is 0 Å². The molecule has 11 heteroatoms. The molecule has 0 aliphatic carbocycles. The van der Waals surface area contributed by atoms with Crippen molar-refractivity contribution in [2.45, 2.75) is 43.9 Å². The van der Waals surface area contributed by atoms with Crippen LogP contribution >= 0.6 is 0 Å². The predicted octanol–water partition coefficient (Wildman–Crippen LogP) is 1.98. The third-order valence-electron chi connectivity index (χ3n) is 7.59. The first-order valence-corrected chi connectivity index (χ1v) is 12.6. The van der Waals surface area contributed by atoms with Gasteiger partial charge in [0.1, 0.15) is 17.8 Å². The Labute approximate surface area is 213 Å². The molecule has 3 aromatic rings. The number of nitrogens with zero attached hydrogens (tertiary/aromatic N) is 5. The molecule has 0 unspecified atom stereocenters. The Morgan fingerprint density at radius 2 is 1.76 bits per heavy atom. The average molecular weight is 511 g/mol. The summed E-state index contributed by atoms with van der Waals surface area (Å²) in [5.41, 5.74) is -0.355. The van der Waals surface area contributed by atoms with E-state index in [1.54, 1.807) is 22.9 Å². The smallest absolute Gasteiger partial charge is 0.317 e. The molecule has 0 radical (unpaired) electrons. The normalized spacial score (nSPS) is 18.2. The summed E-state index contributed by atoms with van der Waals surface area (Å²) in [5.74, 6) is -0.605. The molecule has 3 amide bonds. The molecule has 0 spiro atoms. The van der Waals surface area contributed by atoms with Gasteiger partial charge in [-0.15, -0.1) is 0 Å². The fraction of sp³-hybridized carbons (Fsp3) is 0.462. The number of nitrogens with one attached hydrogen (secondary N) is 1. The molecule has 2 aromatic heterocycles. The van der Waals surface area contributed by atoms with Gasteiger partial charge in [-0.05, 0) is 56.0 Å². The van der Waals surface area contributed by atoms with E-state index in [1.165, 1.54) is 35.2 Å². The number of rotatable bonds is 4. The number of piperidine rings is 2. The first-order valence-electron chi connectivity index (χ1n) is 12.6. The Balaban J connectivity index is 1.25. The molecule has 2 saturated heterocycles. The van der Waals surface area contributed by atoms with Crippen LogP contribution in [-0.2, 0) is 6.54 Å². The van der Waals surface area contributed by atoms with Crippen molar-refractivity contribution in [3.8, 4) is 0 Å². The van der Waals surface area contributed by atoms with E-state index in [0.717, 1.165) is 12.8 Å². The van der Waals surface area contributed by atoms with E-state index in [1.807, 2.05) is 10.8 Å². The highest BCUT2D eigenvalue weighted by Gasteiger charge is 2.35. The lowest BCUT2D eigenvalue weighted by molar-refractivity contribution is -0.0299. The summed E-state index contributed by atoms with van der Waals surface area (Å²) in [6, 6.07) is 7.25. The molecule has 196 valence electrons. The largest absolute Gasteiger partial charge is 0.388 e. The van der Waals surface area contributed by atoms with Crippen LogP contribution in [0.5, 0.6) is 0 Å². The minimum absolute atomic E-state index is 0.0830. The number of hydrogen-bond acceptors (Lipinski definition) is 5. The number of urea groups is 1. The van der Waals surface area contributed by atoms with Gasteiger partial charge in [-0.1, -0.05) is 0 Å². The SMILES string of the molecule is CNC(=O)N1CCC(n2ccc3c(=O)n(CC4(O)CCN(C(=O)c5ccc(F)cc5)CC4)cnc32)CC1. The molecule has 2 N–H and O–H groups in total. The molecule has 1 aromatic carbocycles. The highest BCUT2D eigenvalue weighted by molar-refractivity contribution is 5.94. The maximum absolute atomic E-state index is 13.2. The zero-order valence-electron chi connectivity index (χ0n) is 20.8. The summed E-state index contributed by atoms with van der Waals surface area (Å²) in [5, 5.41) is 14.4. The highest BCUT2D eigenvalue weighted by atomic mass is 19.1. The Morgan fingerprint density at radius 1 is 1.08 bits per heavy atom. The maximum atomic E-state index is 13.2. The number of aromatic nitrogens is 3. The number of amides is 3. The molecule has 4 heterocycles. The van der Waals surface area contributed by atoms with Crippen molar-refractivity contribution in [1.82, 2.24) is 29.2 Å². The van der Waals surface area contributed by atoms with E-state index in [-0.39, 0.29) is 30.1 Å². The van der Waals surface area contributed by atoms with Gasteiger partial charge in [0, 0.05) is 51.0 Å². The van der Waals surface area contributed by atoms with E-state index in [0.29, 0.717) is 55.6 Å².